The number of rotatable bonds is 4. The van der Waals surface area contributed by atoms with Gasteiger partial charge in [-0.2, -0.15) is 0 Å². The minimum absolute atomic E-state index is 0.368. The molecule has 1 aromatic rings. The summed E-state index contributed by atoms with van der Waals surface area (Å²) in [6.07, 6.45) is 4.93. The van der Waals surface area contributed by atoms with Gasteiger partial charge in [-0.15, -0.1) is 0 Å². The van der Waals surface area contributed by atoms with Crippen LogP contribution in [0.4, 0.5) is 0 Å². The third kappa shape index (κ3) is 2.51. The first-order valence-corrected chi connectivity index (χ1v) is 5.73. The maximum Gasteiger partial charge on any atom is 0.189 e. The Morgan fingerprint density at radius 3 is 2.93 bits per heavy atom. The van der Waals surface area contributed by atoms with Gasteiger partial charge in [0, 0.05) is 6.61 Å². The van der Waals surface area contributed by atoms with Gasteiger partial charge in [-0.05, 0) is 49.8 Å². The van der Waals surface area contributed by atoms with E-state index in [0.717, 1.165) is 12.2 Å². The van der Waals surface area contributed by atoms with Crippen LogP contribution in [0.3, 0.4) is 0 Å². The van der Waals surface area contributed by atoms with E-state index < -0.39 is 0 Å². The van der Waals surface area contributed by atoms with Crippen molar-refractivity contribution >= 4 is 0 Å². The smallest absolute Gasteiger partial charge is 0.189 e. The third-order valence-corrected chi connectivity index (χ3v) is 2.85. The molecule has 1 aliphatic rings. The number of hydrogen-bond acceptors (Lipinski definition) is 2. The molecule has 1 aromatic carbocycles. The fraction of sp³-hybridized carbons (Fsp3) is 0.538. The Morgan fingerprint density at radius 2 is 2.07 bits per heavy atom. The van der Waals surface area contributed by atoms with E-state index in [1.165, 1.54) is 30.4 Å². The number of ether oxygens (including phenoxy) is 2. The fourth-order valence-electron chi connectivity index (χ4n) is 2.07. The van der Waals surface area contributed by atoms with Gasteiger partial charge in [0.2, 0.25) is 0 Å². The monoisotopic (exact) mass is 206 g/mol. The van der Waals surface area contributed by atoms with Gasteiger partial charge in [-0.1, -0.05) is 12.1 Å². The van der Waals surface area contributed by atoms with Crippen LogP contribution in [0, 0.1) is 0 Å². The summed E-state index contributed by atoms with van der Waals surface area (Å²) in [4.78, 5) is 0. The second-order valence-electron chi connectivity index (χ2n) is 3.86. The molecule has 0 saturated carbocycles. The Labute approximate surface area is 91.2 Å². The van der Waals surface area contributed by atoms with E-state index in [2.05, 4.69) is 12.1 Å². The summed E-state index contributed by atoms with van der Waals surface area (Å²) in [5.41, 5.74) is 2.85. The van der Waals surface area contributed by atoms with Crippen LogP contribution < -0.4 is 4.74 Å². The molecule has 2 rings (SSSR count). The van der Waals surface area contributed by atoms with Crippen molar-refractivity contribution in [2.75, 3.05) is 13.4 Å². The predicted molar refractivity (Wildman–Crippen MR) is 60.2 cm³/mol. The fourth-order valence-corrected chi connectivity index (χ4v) is 2.07. The predicted octanol–water partition coefficient (Wildman–Crippen LogP) is 2.94. The van der Waals surface area contributed by atoms with E-state index in [9.17, 15) is 0 Å². The van der Waals surface area contributed by atoms with Crippen molar-refractivity contribution in [2.24, 2.45) is 0 Å². The Balaban J connectivity index is 2.09. The molecule has 0 radical (unpaired) electrons. The third-order valence-electron chi connectivity index (χ3n) is 2.85. The summed E-state index contributed by atoms with van der Waals surface area (Å²) in [7, 11) is 0. The highest BCUT2D eigenvalue weighted by molar-refractivity contribution is 5.41. The minimum Gasteiger partial charge on any atom is -0.467 e. The lowest BCUT2D eigenvalue weighted by Gasteiger charge is -2.19. The zero-order chi connectivity index (χ0) is 10.5. The van der Waals surface area contributed by atoms with E-state index in [-0.39, 0.29) is 0 Å². The van der Waals surface area contributed by atoms with Gasteiger partial charge in [0.15, 0.2) is 6.79 Å². The summed E-state index contributed by atoms with van der Waals surface area (Å²) in [6.45, 7) is 3.05. The van der Waals surface area contributed by atoms with Crippen molar-refractivity contribution < 1.29 is 9.47 Å². The van der Waals surface area contributed by atoms with Crippen LogP contribution in [-0.4, -0.2) is 13.4 Å². The number of fused-ring (bicyclic) bond motifs is 1. The van der Waals surface area contributed by atoms with Crippen LogP contribution >= 0.6 is 0 Å². The van der Waals surface area contributed by atoms with Gasteiger partial charge in [-0.3, -0.25) is 0 Å². The summed E-state index contributed by atoms with van der Waals surface area (Å²) < 4.78 is 10.8. The first-order valence-electron chi connectivity index (χ1n) is 5.73. The van der Waals surface area contributed by atoms with Crippen LogP contribution in [0.1, 0.15) is 30.9 Å². The molecule has 82 valence electrons. The minimum atomic E-state index is 0.368. The number of aryl methyl sites for hydroxylation is 1. The molecular weight excluding hydrogens is 188 g/mol. The molecule has 0 aromatic heterocycles. The zero-order valence-corrected chi connectivity index (χ0v) is 9.29. The average molecular weight is 206 g/mol. The highest BCUT2D eigenvalue weighted by Gasteiger charge is 2.13. The summed E-state index contributed by atoms with van der Waals surface area (Å²) in [5.74, 6) is 1.01. The van der Waals surface area contributed by atoms with Crippen molar-refractivity contribution in [3.05, 3.63) is 29.3 Å². The van der Waals surface area contributed by atoms with E-state index in [4.69, 9.17) is 9.47 Å². The Morgan fingerprint density at radius 1 is 1.20 bits per heavy atom. The van der Waals surface area contributed by atoms with Gasteiger partial charge in [0.25, 0.3) is 0 Å². The Hall–Kier alpha value is -1.02. The average Bonchev–Trinajstić information content (AvgIpc) is 2.30. The molecule has 0 bridgehead atoms. The standard InChI is InChI=1S/C13H18O2/c1-2-14-10-15-13-9-5-7-11-6-3-4-8-12(11)13/h5,7,9H,2-4,6,8,10H2,1H3. The highest BCUT2D eigenvalue weighted by Crippen LogP contribution is 2.29. The molecule has 0 saturated heterocycles. The molecule has 0 aliphatic heterocycles. The van der Waals surface area contributed by atoms with Gasteiger partial charge < -0.3 is 9.47 Å². The molecule has 0 fully saturated rings. The van der Waals surface area contributed by atoms with Crippen LogP contribution in [0.5, 0.6) is 5.75 Å². The second kappa shape index (κ2) is 5.17. The molecule has 1 aliphatic carbocycles. The SMILES string of the molecule is CCOCOc1cccc2c1CCCC2. The van der Waals surface area contributed by atoms with Crippen LogP contribution in [-0.2, 0) is 17.6 Å². The molecule has 0 unspecified atom stereocenters. The Bertz CT molecular complexity index is 320. The lowest BCUT2D eigenvalue weighted by Crippen LogP contribution is -2.08. The first kappa shape index (κ1) is 10.5. The quantitative estimate of drug-likeness (QED) is 0.557. The maximum atomic E-state index is 5.62. The second-order valence-corrected chi connectivity index (χ2v) is 3.86. The van der Waals surface area contributed by atoms with Crippen molar-refractivity contribution in [3.8, 4) is 5.75 Å². The molecule has 0 spiro atoms. The summed E-state index contributed by atoms with van der Waals surface area (Å²) in [6, 6.07) is 6.33. The molecule has 0 N–H and O–H groups in total. The first-order chi connectivity index (χ1) is 7.42. The van der Waals surface area contributed by atoms with Crippen molar-refractivity contribution in [3.63, 3.8) is 0 Å². The largest absolute Gasteiger partial charge is 0.467 e. The number of benzene rings is 1. The van der Waals surface area contributed by atoms with E-state index in [0.29, 0.717) is 13.4 Å². The molecule has 0 heterocycles. The molecule has 15 heavy (non-hydrogen) atoms. The van der Waals surface area contributed by atoms with Crippen molar-refractivity contribution in [1.29, 1.82) is 0 Å². The molecule has 2 heteroatoms. The summed E-state index contributed by atoms with van der Waals surface area (Å²) >= 11 is 0. The Kier molecular flexibility index (Phi) is 3.62. The van der Waals surface area contributed by atoms with Gasteiger partial charge >= 0.3 is 0 Å². The lowest BCUT2D eigenvalue weighted by atomic mass is 9.91. The van der Waals surface area contributed by atoms with Gasteiger partial charge in [0.1, 0.15) is 5.75 Å². The van der Waals surface area contributed by atoms with Crippen molar-refractivity contribution in [1.82, 2.24) is 0 Å². The van der Waals surface area contributed by atoms with Crippen LogP contribution in [0.25, 0.3) is 0 Å². The lowest BCUT2D eigenvalue weighted by molar-refractivity contribution is 0.0217. The maximum absolute atomic E-state index is 5.62. The molecule has 0 amide bonds. The normalized spacial score (nSPS) is 14.7. The van der Waals surface area contributed by atoms with Crippen LogP contribution in [0.2, 0.25) is 0 Å². The zero-order valence-electron chi connectivity index (χ0n) is 9.29. The van der Waals surface area contributed by atoms with E-state index in [1.54, 1.807) is 0 Å². The summed E-state index contributed by atoms with van der Waals surface area (Å²) in [5, 5.41) is 0. The van der Waals surface area contributed by atoms with E-state index in [1.807, 2.05) is 13.0 Å². The number of hydrogen-bond donors (Lipinski definition) is 0. The van der Waals surface area contributed by atoms with Gasteiger partial charge in [-0.25, -0.2) is 0 Å². The highest BCUT2D eigenvalue weighted by atomic mass is 16.7. The molecule has 0 atom stereocenters. The molecular formula is C13H18O2. The van der Waals surface area contributed by atoms with Crippen molar-refractivity contribution in [2.45, 2.75) is 32.6 Å². The van der Waals surface area contributed by atoms with E-state index >= 15 is 0 Å². The topological polar surface area (TPSA) is 18.5 Å². The van der Waals surface area contributed by atoms with Gasteiger partial charge in [0.05, 0.1) is 0 Å². The molecule has 2 nitrogen and oxygen atoms in total. The van der Waals surface area contributed by atoms with Crippen LogP contribution in [0.15, 0.2) is 18.2 Å².